The summed E-state index contributed by atoms with van der Waals surface area (Å²) in [4.78, 5) is 3.96. The molecule has 0 aliphatic rings. The second-order valence-electron chi connectivity index (χ2n) is 1.61. The van der Waals surface area contributed by atoms with E-state index in [0.29, 0.717) is 5.17 Å². The van der Waals surface area contributed by atoms with Crippen LogP contribution in [0.1, 0.15) is 20.3 Å². The molecule has 0 rings (SSSR count). The smallest absolute Gasteiger partial charge is 0.123 e. The van der Waals surface area contributed by atoms with Crippen LogP contribution < -0.4 is 0 Å². The molecule has 0 amide bonds. The maximum Gasteiger partial charge on any atom is 0.123 e. The molecule has 0 saturated heterocycles. The van der Waals surface area contributed by atoms with E-state index in [1.807, 2.05) is 19.1 Å². The van der Waals surface area contributed by atoms with Gasteiger partial charge in [0.05, 0.1) is 0 Å². The Bertz CT molecular complexity index is 116. The summed E-state index contributed by atoms with van der Waals surface area (Å²) in [5.41, 5.74) is 0. The summed E-state index contributed by atoms with van der Waals surface area (Å²) >= 11 is 5.62. The average molecular weight is 146 g/mol. The highest BCUT2D eigenvalue weighted by Crippen LogP contribution is 1.89. The first-order valence-electron chi connectivity index (χ1n) is 3.17. The van der Waals surface area contributed by atoms with Crippen molar-refractivity contribution in [1.82, 2.24) is 0 Å². The van der Waals surface area contributed by atoms with Gasteiger partial charge in [0.25, 0.3) is 0 Å². The average Bonchev–Trinajstić information content (AvgIpc) is 1.85. The minimum absolute atomic E-state index is 0.597. The van der Waals surface area contributed by atoms with Crippen LogP contribution in [-0.2, 0) is 0 Å². The van der Waals surface area contributed by atoms with Crippen LogP contribution >= 0.6 is 11.6 Å². The lowest BCUT2D eigenvalue weighted by Gasteiger charge is -1.84. The molecule has 0 aromatic heterocycles. The normalized spacial score (nSPS) is 13.0. The zero-order valence-corrected chi connectivity index (χ0v) is 6.65. The van der Waals surface area contributed by atoms with Gasteiger partial charge in [-0.25, -0.2) is 0 Å². The highest BCUT2D eigenvalue weighted by molar-refractivity contribution is 6.68. The van der Waals surface area contributed by atoms with Crippen LogP contribution in [-0.4, -0.2) is 11.7 Å². The highest BCUT2D eigenvalue weighted by Gasteiger charge is 1.80. The Morgan fingerprint density at radius 3 is 2.67 bits per heavy atom. The molecule has 1 nitrogen and oxygen atoms in total. The second kappa shape index (κ2) is 5.83. The Hall–Kier alpha value is -0.300. The Morgan fingerprint density at radius 1 is 1.56 bits per heavy atom. The molecule has 0 aliphatic heterocycles. The maximum absolute atomic E-state index is 5.62. The van der Waals surface area contributed by atoms with Gasteiger partial charge in [0.1, 0.15) is 5.17 Å². The van der Waals surface area contributed by atoms with Crippen molar-refractivity contribution in [3.63, 3.8) is 0 Å². The van der Waals surface area contributed by atoms with Crippen LogP contribution in [0.5, 0.6) is 0 Å². The predicted molar refractivity (Wildman–Crippen MR) is 43.3 cm³/mol. The van der Waals surface area contributed by atoms with Crippen molar-refractivity contribution in [2.45, 2.75) is 20.3 Å². The number of halogens is 1. The van der Waals surface area contributed by atoms with Crippen LogP contribution in [0.4, 0.5) is 0 Å². The summed E-state index contributed by atoms with van der Waals surface area (Å²) < 4.78 is 0. The van der Waals surface area contributed by atoms with Gasteiger partial charge < -0.3 is 0 Å². The number of allylic oxidation sites excluding steroid dienone is 2. The van der Waals surface area contributed by atoms with Gasteiger partial charge >= 0.3 is 0 Å². The van der Waals surface area contributed by atoms with Gasteiger partial charge in [-0.2, -0.15) is 0 Å². The lowest BCUT2D eigenvalue weighted by molar-refractivity contribution is 1.14. The highest BCUT2D eigenvalue weighted by atomic mass is 35.5. The Labute approximate surface area is 61.4 Å². The molecule has 2 heteroatoms. The van der Waals surface area contributed by atoms with Crippen LogP contribution in [0.15, 0.2) is 17.1 Å². The van der Waals surface area contributed by atoms with Crippen LogP contribution in [0.3, 0.4) is 0 Å². The van der Waals surface area contributed by atoms with Gasteiger partial charge in [-0.15, -0.1) is 0 Å². The number of aliphatic imine (C=N–C) groups is 1. The van der Waals surface area contributed by atoms with Gasteiger partial charge in [-0.05, 0) is 19.4 Å². The predicted octanol–water partition coefficient (Wildman–Crippen LogP) is 2.61. The maximum atomic E-state index is 5.62. The Kier molecular flexibility index (Phi) is 5.64. The fourth-order valence-electron chi connectivity index (χ4n) is 0.419. The molecule has 0 spiro atoms. The molecule has 0 unspecified atom stereocenters. The summed E-state index contributed by atoms with van der Waals surface area (Å²) in [5, 5.41) is 0.597. The van der Waals surface area contributed by atoms with Gasteiger partial charge in [0.2, 0.25) is 0 Å². The van der Waals surface area contributed by atoms with E-state index >= 15 is 0 Å². The minimum Gasteiger partial charge on any atom is -0.273 e. The first kappa shape index (κ1) is 8.70. The summed E-state index contributed by atoms with van der Waals surface area (Å²) in [6.07, 6.45) is 4.82. The van der Waals surface area contributed by atoms with Gasteiger partial charge in [-0.3, -0.25) is 4.99 Å². The summed E-state index contributed by atoms with van der Waals surface area (Å²) in [6, 6.07) is 0. The molecule has 0 aromatic carbocycles. The van der Waals surface area contributed by atoms with Crippen molar-refractivity contribution < 1.29 is 0 Å². The molecular formula is C7H12ClN. The number of rotatable bonds is 3. The third-order valence-electron chi connectivity index (χ3n) is 0.800. The van der Waals surface area contributed by atoms with Gasteiger partial charge in [0.15, 0.2) is 0 Å². The lowest BCUT2D eigenvalue weighted by Crippen LogP contribution is -1.80. The van der Waals surface area contributed by atoms with E-state index in [9.17, 15) is 0 Å². The molecule has 0 bridgehead atoms. The lowest BCUT2D eigenvalue weighted by atomic mass is 10.4. The fourth-order valence-corrected chi connectivity index (χ4v) is 0.627. The van der Waals surface area contributed by atoms with Crippen LogP contribution in [0, 0.1) is 0 Å². The van der Waals surface area contributed by atoms with Crippen molar-refractivity contribution in [2.24, 2.45) is 4.99 Å². The van der Waals surface area contributed by atoms with Crippen LogP contribution in [0.25, 0.3) is 0 Å². The minimum atomic E-state index is 0.597. The molecule has 9 heavy (non-hydrogen) atoms. The molecule has 0 heterocycles. The molecule has 0 aromatic rings. The van der Waals surface area contributed by atoms with Crippen LogP contribution in [0.2, 0.25) is 0 Å². The molecule has 0 aliphatic carbocycles. The van der Waals surface area contributed by atoms with E-state index in [4.69, 9.17) is 11.6 Å². The number of hydrogen-bond donors (Lipinski definition) is 0. The molecule has 0 atom stereocenters. The number of hydrogen-bond acceptors (Lipinski definition) is 1. The van der Waals surface area contributed by atoms with E-state index in [2.05, 4.69) is 11.9 Å². The summed E-state index contributed by atoms with van der Waals surface area (Å²) in [6.45, 7) is 4.78. The third-order valence-corrected chi connectivity index (χ3v) is 1.05. The standard InChI is InChI=1S/C7H12ClN/c1-3-5-6-7(8)9-4-2/h5-6H,3-4H2,1-2H3/b6-5-,9-7+. The fraction of sp³-hybridized carbons (Fsp3) is 0.571. The quantitative estimate of drug-likeness (QED) is 0.542. The zero-order valence-electron chi connectivity index (χ0n) is 5.89. The largest absolute Gasteiger partial charge is 0.273 e. The monoisotopic (exact) mass is 145 g/mol. The first-order valence-corrected chi connectivity index (χ1v) is 3.55. The number of nitrogens with zero attached hydrogens (tertiary/aromatic N) is 1. The van der Waals surface area contributed by atoms with Crippen molar-refractivity contribution in [3.8, 4) is 0 Å². The molecule has 0 fully saturated rings. The van der Waals surface area contributed by atoms with Crippen molar-refractivity contribution in [3.05, 3.63) is 12.2 Å². The van der Waals surface area contributed by atoms with E-state index < -0.39 is 0 Å². The van der Waals surface area contributed by atoms with Crippen molar-refractivity contribution in [1.29, 1.82) is 0 Å². The Morgan fingerprint density at radius 2 is 2.22 bits per heavy atom. The summed E-state index contributed by atoms with van der Waals surface area (Å²) in [5.74, 6) is 0. The molecule has 0 N–H and O–H groups in total. The zero-order chi connectivity index (χ0) is 7.11. The van der Waals surface area contributed by atoms with E-state index in [1.165, 1.54) is 0 Å². The van der Waals surface area contributed by atoms with Gasteiger partial charge in [-0.1, -0.05) is 24.6 Å². The van der Waals surface area contributed by atoms with Crippen molar-refractivity contribution in [2.75, 3.05) is 6.54 Å². The van der Waals surface area contributed by atoms with Gasteiger partial charge in [0, 0.05) is 6.54 Å². The van der Waals surface area contributed by atoms with E-state index in [0.717, 1.165) is 13.0 Å². The molecule has 0 radical (unpaired) electrons. The third kappa shape index (κ3) is 5.57. The van der Waals surface area contributed by atoms with Crippen molar-refractivity contribution >= 4 is 16.8 Å². The first-order chi connectivity index (χ1) is 4.31. The molecule has 0 saturated carbocycles. The SMILES string of the molecule is CC/C=C\C(Cl)=N/CC. The Balaban J connectivity index is 3.60. The molecular weight excluding hydrogens is 134 g/mol. The van der Waals surface area contributed by atoms with E-state index in [1.54, 1.807) is 0 Å². The second-order valence-corrected chi connectivity index (χ2v) is 1.99. The molecule has 52 valence electrons. The van der Waals surface area contributed by atoms with E-state index in [-0.39, 0.29) is 0 Å². The topological polar surface area (TPSA) is 12.4 Å². The summed E-state index contributed by atoms with van der Waals surface area (Å²) in [7, 11) is 0.